The van der Waals surface area contributed by atoms with Crippen LogP contribution in [0.4, 0.5) is 13.6 Å². The molecule has 0 aromatic heterocycles. The average molecular weight is 402 g/mol. The first-order valence-electron chi connectivity index (χ1n) is 9.46. The van der Waals surface area contributed by atoms with Crippen molar-refractivity contribution in [3.05, 3.63) is 64.7 Å². The van der Waals surface area contributed by atoms with Gasteiger partial charge < -0.3 is 10.1 Å². The van der Waals surface area contributed by atoms with Crippen LogP contribution >= 0.6 is 0 Å². The molecule has 5 nitrogen and oxygen atoms in total. The molecule has 1 saturated heterocycles. The van der Waals surface area contributed by atoms with Crippen LogP contribution in [-0.4, -0.2) is 30.0 Å². The molecule has 1 aliphatic heterocycles. The summed E-state index contributed by atoms with van der Waals surface area (Å²) in [5, 5.41) is 2.56. The van der Waals surface area contributed by atoms with Crippen LogP contribution in [0.1, 0.15) is 43.4 Å². The van der Waals surface area contributed by atoms with E-state index in [1.54, 1.807) is 0 Å². The largest absolute Gasteiger partial charge is 0.492 e. The Bertz CT molecular complexity index is 961. The first-order valence-corrected chi connectivity index (χ1v) is 9.46. The first kappa shape index (κ1) is 20.8. The summed E-state index contributed by atoms with van der Waals surface area (Å²) in [5.41, 5.74) is 1.06. The number of amides is 3. The molecule has 3 amide bonds. The first-order chi connectivity index (χ1) is 13.6. The number of nitrogens with zero attached hydrogens (tertiary/aromatic N) is 1. The molecule has 1 heterocycles. The number of carbonyl (C=O) groups is 2. The highest BCUT2D eigenvalue weighted by atomic mass is 19.2. The molecule has 0 aliphatic carbocycles. The van der Waals surface area contributed by atoms with Gasteiger partial charge in [0.05, 0.1) is 6.54 Å². The van der Waals surface area contributed by atoms with Crippen molar-refractivity contribution >= 4 is 11.9 Å². The van der Waals surface area contributed by atoms with Gasteiger partial charge in [-0.1, -0.05) is 26.0 Å². The lowest BCUT2D eigenvalue weighted by Gasteiger charge is -2.22. The lowest BCUT2D eigenvalue weighted by molar-refractivity contribution is -0.131. The minimum Gasteiger partial charge on any atom is -0.492 e. The summed E-state index contributed by atoms with van der Waals surface area (Å²) in [6, 6.07) is 8.33. The summed E-state index contributed by atoms with van der Waals surface area (Å²) in [6.45, 7) is 7.86. The van der Waals surface area contributed by atoms with Crippen molar-refractivity contribution in [1.29, 1.82) is 0 Å². The molecule has 1 unspecified atom stereocenters. The summed E-state index contributed by atoms with van der Waals surface area (Å²) in [5.74, 6) is -1.57. The van der Waals surface area contributed by atoms with E-state index in [9.17, 15) is 18.4 Å². The molecule has 7 heteroatoms. The van der Waals surface area contributed by atoms with Gasteiger partial charge in [-0.25, -0.2) is 13.6 Å². The SMILES string of the molecule is Cc1cc(OCCN2C(=O)NC(C)(c3ccc(F)c(F)c3)C2=O)ccc1C(C)C. The lowest BCUT2D eigenvalue weighted by Crippen LogP contribution is -2.41. The zero-order chi connectivity index (χ0) is 21.3. The molecule has 154 valence electrons. The Labute approximate surface area is 168 Å². The number of imide groups is 1. The number of hydrogen-bond donors (Lipinski definition) is 1. The molecule has 3 rings (SSSR count). The van der Waals surface area contributed by atoms with Gasteiger partial charge in [0.2, 0.25) is 0 Å². The van der Waals surface area contributed by atoms with E-state index in [0.29, 0.717) is 11.7 Å². The van der Waals surface area contributed by atoms with E-state index >= 15 is 0 Å². The average Bonchev–Trinajstić information content (AvgIpc) is 2.87. The predicted octanol–water partition coefficient (Wildman–Crippen LogP) is 4.24. The van der Waals surface area contributed by atoms with Crippen molar-refractivity contribution in [3.63, 3.8) is 0 Å². The number of urea groups is 1. The Morgan fingerprint density at radius 3 is 2.45 bits per heavy atom. The number of rotatable bonds is 6. The lowest BCUT2D eigenvalue weighted by atomic mass is 9.92. The third-order valence-electron chi connectivity index (χ3n) is 5.22. The third kappa shape index (κ3) is 3.95. The second-order valence-electron chi connectivity index (χ2n) is 7.66. The number of nitrogens with one attached hydrogen (secondary N) is 1. The van der Waals surface area contributed by atoms with Gasteiger partial charge in [0.1, 0.15) is 17.9 Å². The van der Waals surface area contributed by atoms with Crippen molar-refractivity contribution in [1.82, 2.24) is 10.2 Å². The summed E-state index contributed by atoms with van der Waals surface area (Å²) >= 11 is 0. The number of carbonyl (C=O) groups excluding carboxylic acids is 2. The second kappa shape index (κ2) is 7.81. The van der Waals surface area contributed by atoms with Gasteiger partial charge in [0.15, 0.2) is 11.6 Å². The van der Waals surface area contributed by atoms with Gasteiger partial charge in [-0.05, 0) is 60.7 Å². The number of hydrogen-bond acceptors (Lipinski definition) is 3. The molecule has 1 aliphatic rings. The van der Waals surface area contributed by atoms with Crippen LogP contribution in [0.2, 0.25) is 0 Å². The van der Waals surface area contributed by atoms with Crippen LogP contribution in [0, 0.1) is 18.6 Å². The maximum absolute atomic E-state index is 13.6. The second-order valence-corrected chi connectivity index (χ2v) is 7.66. The van der Waals surface area contributed by atoms with Crippen LogP contribution in [0.15, 0.2) is 36.4 Å². The standard InChI is InChI=1S/C22H24F2N2O3/c1-13(2)17-7-6-16(11-14(17)3)29-10-9-26-20(27)22(4,25-21(26)28)15-5-8-18(23)19(24)12-15/h5-8,11-13H,9-10H2,1-4H3,(H,25,28). The summed E-state index contributed by atoms with van der Waals surface area (Å²) in [4.78, 5) is 26.2. The topological polar surface area (TPSA) is 58.6 Å². The maximum Gasteiger partial charge on any atom is 0.325 e. The summed E-state index contributed by atoms with van der Waals surface area (Å²) in [7, 11) is 0. The fourth-order valence-corrected chi connectivity index (χ4v) is 3.54. The highest BCUT2D eigenvalue weighted by Crippen LogP contribution is 2.30. The van der Waals surface area contributed by atoms with Crippen molar-refractivity contribution in [2.45, 2.75) is 39.2 Å². The van der Waals surface area contributed by atoms with E-state index in [2.05, 4.69) is 19.2 Å². The zero-order valence-corrected chi connectivity index (χ0v) is 16.9. The molecule has 0 bridgehead atoms. The Kier molecular flexibility index (Phi) is 5.59. The van der Waals surface area contributed by atoms with E-state index in [0.717, 1.165) is 22.6 Å². The Morgan fingerprint density at radius 2 is 1.83 bits per heavy atom. The summed E-state index contributed by atoms with van der Waals surface area (Å²) in [6.07, 6.45) is 0. The predicted molar refractivity (Wildman–Crippen MR) is 105 cm³/mol. The Hall–Kier alpha value is -2.96. The molecule has 1 fully saturated rings. The van der Waals surface area contributed by atoms with Gasteiger partial charge in [0.25, 0.3) is 5.91 Å². The Balaban J connectivity index is 1.67. The van der Waals surface area contributed by atoms with Crippen molar-refractivity contribution in [2.75, 3.05) is 13.2 Å². The monoisotopic (exact) mass is 402 g/mol. The van der Waals surface area contributed by atoms with E-state index < -0.39 is 29.1 Å². The number of halogens is 2. The quantitative estimate of drug-likeness (QED) is 0.735. The number of aryl methyl sites for hydroxylation is 1. The van der Waals surface area contributed by atoms with Crippen molar-refractivity contribution in [2.24, 2.45) is 0 Å². The molecule has 1 N–H and O–H groups in total. The normalized spacial score (nSPS) is 19.1. The van der Waals surface area contributed by atoms with Crippen molar-refractivity contribution < 1.29 is 23.1 Å². The maximum atomic E-state index is 13.6. The molecule has 29 heavy (non-hydrogen) atoms. The van der Waals surface area contributed by atoms with Crippen LogP contribution in [0.25, 0.3) is 0 Å². The van der Waals surface area contributed by atoms with Gasteiger partial charge in [-0.2, -0.15) is 0 Å². The van der Waals surface area contributed by atoms with Crippen molar-refractivity contribution in [3.8, 4) is 5.75 Å². The van der Waals surface area contributed by atoms with E-state index in [1.165, 1.54) is 18.6 Å². The van der Waals surface area contributed by atoms with Gasteiger partial charge >= 0.3 is 6.03 Å². The molecule has 1 atom stereocenters. The fraction of sp³-hybridized carbons (Fsp3) is 0.364. The smallest absolute Gasteiger partial charge is 0.325 e. The van der Waals surface area contributed by atoms with Crippen LogP contribution in [0.3, 0.4) is 0 Å². The highest BCUT2D eigenvalue weighted by Gasteiger charge is 2.49. The van der Waals surface area contributed by atoms with E-state index in [4.69, 9.17) is 4.74 Å². The van der Waals surface area contributed by atoms with Crippen LogP contribution < -0.4 is 10.1 Å². The van der Waals surface area contributed by atoms with Gasteiger partial charge in [0, 0.05) is 0 Å². The molecule has 0 radical (unpaired) electrons. The molecule has 0 spiro atoms. The molecular formula is C22H24F2N2O3. The number of benzene rings is 2. The van der Waals surface area contributed by atoms with E-state index in [-0.39, 0.29) is 18.7 Å². The van der Waals surface area contributed by atoms with Crippen LogP contribution in [0.5, 0.6) is 5.75 Å². The van der Waals surface area contributed by atoms with Gasteiger partial charge in [-0.3, -0.25) is 9.69 Å². The summed E-state index contributed by atoms with van der Waals surface area (Å²) < 4.78 is 32.5. The highest BCUT2D eigenvalue weighted by molar-refractivity contribution is 6.07. The third-order valence-corrected chi connectivity index (χ3v) is 5.22. The minimum absolute atomic E-state index is 0.0366. The van der Waals surface area contributed by atoms with Gasteiger partial charge in [-0.15, -0.1) is 0 Å². The Morgan fingerprint density at radius 1 is 1.10 bits per heavy atom. The molecule has 0 saturated carbocycles. The fourth-order valence-electron chi connectivity index (χ4n) is 3.54. The minimum atomic E-state index is -1.46. The zero-order valence-electron chi connectivity index (χ0n) is 16.9. The molecular weight excluding hydrogens is 378 g/mol. The van der Waals surface area contributed by atoms with Crippen LogP contribution in [-0.2, 0) is 10.3 Å². The molecule has 2 aromatic carbocycles. The molecule has 2 aromatic rings. The number of ether oxygens (including phenoxy) is 1. The van der Waals surface area contributed by atoms with E-state index in [1.807, 2.05) is 25.1 Å².